The highest BCUT2D eigenvalue weighted by Gasteiger charge is 2.42. The van der Waals surface area contributed by atoms with E-state index in [1.807, 2.05) is 0 Å². The normalized spacial score (nSPS) is 24.6. The second-order valence-electron chi connectivity index (χ2n) is 4.46. The predicted octanol–water partition coefficient (Wildman–Crippen LogP) is 0.603. The Kier molecular flexibility index (Phi) is 2.87. The van der Waals surface area contributed by atoms with Gasteiger partial charge >= 0.3 is 5.97 Å². The number of carbonyl (C=O) groups is 1. The van der Waals surface area contributed by atoms with Crippen molar-refractivity contribution in [2.45, 2.75) is 31.7 Å². The number of carboxylic acids is 1. The molecule has 6 nitrogen and oxygen atoms in total. The lowest BCUT2D eigenvalue weighted by Gasteiger charge is -2.42. The summed E-state index contributed by atoms with van der Waals surface area (Å²) in [6.45, 7) is 2.29. The highest BCUT2D eigenvalue weighted by atomic mass is 16.4. The van der Waals surface area contributed by atoms with Gasteiger partial charge in [-0.15, -0.1) is 0 Å². The highest BCUT2D eigenvalue weighted by Crippen LogP contribution is 2.31. The molecule has 1 atom stereocenters. The zero-order chi connectivity index (χ0) is 12.5. The van der Waals surface area contributed by atoms with Crippen LogP contribution in [0.4, 0.5) is 5.82 Å². The van der Waals surface area contributed by atoms with Gasteiger partial charge in [0.1, 0.15) is 11.4 Å². The summed E-state index contributed by atoms with van der Waals surface area (Å²) in [5.74, 6) is -0.447. The van der Waals surface area contributed by atoms with Crippen LogP contribution >= 0.6 is 0 Å². The van der Waals surface area contributed by atoms with Crippen molar-refractivity contribution in [3.05, 3.63) is 22.7 Å². The summed E-state index contributed by atoms with van der Waals surface area (Å²) in [6, 6.07) is 1.34. The maximum atomic E-state index is 11.4. The van der Waals surface area contributed by atoms with E-state index < -0.39 is 11.5 Å². The molecule has 2 heterocycles. The maximum absolute atomic E-state index is 11.4. The number of hydrogen-bond donors (Lipinski definition) is 2. The van der Waals surface area contributed by atoms with Crippen LogP contribution in [0.2, 0.25) is 0 Å². The molecule has 1 saturated heterocycles. The Hall–Kier alpha value is -1.85. The third kappa shape index (κ3) is 2.02. The first-order valence-electron chi connectivity index (χ1n) is 5.60. The van der Waals surface area contributed by atoms with Crippen molar-refractivity contribution < 1.29 is 9.90 Å². The molecule has 2 rings (SSSR count). The predicted molar refractivity (Wildman–Crippen MR) is 62.1 cm³/mol. The van der Waals surface area contributed by atoms with Gasteiger partial charge in [-0.25, -0.2) is 9.78 Å². The van der Waals surface area contributed by atoms with Crippen LogP contribution in [-0.4, -0.2) is 33.1 Å². The van der Waals surface area contributed by atoms with Crippen molar-refractivity contribution in [2.24, 2.45) is 0 Å². The number of aliphatic carboxylic acids is 1. The molecule has 1 aliphatic heterocycles. The Labute approximate surface area is 98.3 Å². The summed E-state index contributed by atoms with van der Waals surface area (Å²) >= 11 is 0. The van der Waals surface area contributed by atoms with Crippen molar-refractivity contribution in [1.82, 2.24) is 9.97 Å². The maximum Gasteiger partial charge on any atom is 0.329 e. The first-order valence-corrected chi connectivity index (χ1v) is 5.60. The van der Waals surface area contributed by atoms with Crippen molar-refractivity contribution in [1.29, 1.82) is 0 Å². The van der Waals surface area contributed by atoms with Gasteiger partial charge in [0, 0.05) is 12.6 Å². The first-order chi connectivity index (χ1) is 8.04. The summed E-state index contributed by atoms with van der Waals surface area (Å²) < 4.78 is 0. The highest BCUT2D eigenvalue weighted by molar-refractivity contribution is 5.82. The Morgan fingerprint density at radius 1 is 1.59 bits per heavy atom. The molecule has 0 saturated carbocycles. The molecule has 1 aliphatic rings. The average Bonchev–Trinajstić information content (AvgIpc) is 2.29. The number of aromatic nitrogens is 2. The Morgan fingerprint density at radius 3 is 3.00 bits per heavy atom. The standard InChI is InChI=1S/C11H15N3O3/c1-11(10(16)17)4-2-3-5-14(11)8-6-9(15)13-7-12-8/h6-7H,2-5H2,1H3,(H,16,17)(H,12,13,15). The molecule has 1 fully saturated rings. The molecule has 1 aromatic heterocycles. The lowest BCUT2D eigenvalue weighted by atomic mass is 9.88. The number of hydrogen-bond acceptors (Lipinski definition) is 4. The van der Waals surface area contributed by atoms with Crippen molar-refractivity contribution in [3.63, 3.8) is 0 Å². The van der Waals surface area contributed by atoms with E-state index in [9.17, 15) is 14.7 Å². The molecule has 0 aliphatic carbocycles. The van der Waals surface area contributed by atoms with Crippen LogP contribution < -0.4 is 10.5 Å². The number of carboxylic acid groups (broad SMARTS) is 1. The van der Waals surface area contributed by atoms with E-state index in [-0.39, 0.29) is 5.56 Å². The molecule has 0 aromatic carbocycles. The SMILES string of the molecule is CC1(C(=O)O)CCCCN1c1cc(=O)[nH]cn1. The zero-order valence-electron chi connectivity index (χ0n) is 9.64. The number of nitrogens with one attached hydrogen (secondary N) is 1. The number of anilines is 1. The van der Waals surface area contributed by atoms with Gasteiger partial charge in [-0.1, -0.05) is 0 Å². The number of rotatable bonds is 2. The van der Waals surface area contributed by atoms with Gasteiger partial charge in [0.15, 0.2) is 0 Å². The molecule has 92 valence electrons. The van der Waals surface area contributed by atoms with Gasteiger partial charge in [-0.2, -0.15) is 0 Å². The summed E-state index contributed by atoms with van der Waals surface area (Å²) in [6.07, 6.45) is 3.66. The van der Waals surface area contributed by atoms with Gasteiger partial charge in [0.05, 0.1) is 6.33 Å². The van der Waals surface area contributed by atoms with Crippen molar-refractivity contribution in [3.8, 4) is 0 Å². The molecule has 0 bridgehead atoms. The van der Waals surface area contributed by atoms with Crippen LogP contribution in [0.3, 0.4) is 0 Å². The van der Waals surface area contributed by atoms with E-state index in [1.165, 1.54) is 12.4 Å². The topological polar surface area (TPSA) is 86.3 Å². The summed E-state index contributed by atoms with van der Waals surface area (Å²) in [7, 11) is 0. The minimum atomic E-state index is -0.973. The number of H-pyrrole nitrogens is 1. The van der Waals surface area contributed by atoms with Gasteiger partial charge in [0.25, 0.3) is 5.56 Å². The minimum Gasteiger partial charge on any atom is -0.480 e. The summed E-state index contributed by atoms with van der Waals surface area (Å²) in [5, 5.41) is 9.34. The molecule has 1 unspecified atom stereocenters. The van der Waals surface area contributed by atoms with E-state index in [1.54, 1.807) is 11.8 Å². The van der Waals surface area contributed by atoms with Crippen molar-refractivity contribution in [2.75, 3.05) is 11.4 Å². The Bertz CT molecular complexity index is 485. The van der Waals surface area contributed by atoms with Gasteiger partial charge < -0.3 is 15.0 Å². The zero-order valence-corrected chi connectivity index (χ0v) is 9.64. The number of piperidine rings is 1. The van der Waals surface area contributed by atoms with Crippen molar-refractivity contribution >= 4 is 11.8 Å². The van der Waals surface area contributed by atoms with Gasteiger partial charge in [0.2, 0.25) is 0 Å². The van der Waals surface area contributed by atoms with E-state index in [2.05, 4.69) is 9.97 Å². The lowest BCUT2D eigenvalue weighted by Crippen LogP contribution is -2.56. The molecule has 6 heteroatoms. The van der Waals surface area contributed by atoms with E-state index >= 15 is 0 Å². The molecule has 17 heavy (non-hydrogen) atoms. The van der Waals surface area contributed by atoms with E-state index in [4.69, 9.17) is 0 Å². The third-order valence-electron chi connectivity index (χ3n) is 3.29. The molecular weight excluding hydrogens is 222 g/mol. The number of aromatic amines is 1. The molecule has 0 spiro atoms. The number of nitrogens with zero attached hydrogens (tertiary/aromatic N) is 2. The smallest absolute Gasteiger partial charge is 0.329 e. The molecule has 1 aromatic rings. The fourth-order valence-electron chi connectivity index (χ4n) is 2.22. The molecule has 0 amide bonds. The summed E-state index contributed by atoms with van der Waals surface area (Å²) in [5.41, 5.74) is -1.24. The van der Waals surface area contributed by atoms with Crippen LogP contribution in [0.5, 0.6) is 0 Å². The van der Waals surface area contributed by atoms with E-state index in [0.717, 1.165) is 12.8 Å². The molecule has 0 radical (unpaired) electrons. The minimum absolute atomic E-state index is 0.270. The van der Waals surface area contributed by atoms with Crippen LogP contribution in [0, 0.1) is 0 Å². The molecule has 2 N–H and O–H groups in total. The van der Waals surface area contributed by atoms with Crippen LogP contribution in [0.25, 0.3) is 0 Å². The lowest BCUT2D eigenvalue weighted by molar-refractivity contribution is -0.143. The van der Waals surface area contributed by atoms with Crippen LogP contribution in [0.15, 0.2) is 17.2 Å². The summed E-state index contributed by atoms with van der Waals surface area (Å²) in [4.78, 5) is 30.8. The average molecular weight is 237 g/mol. The third-order valence-corrected chi connectivity index (χ3v) is 3.29. The second kappa shape index (κ2) is 4.20. The van der Waals surface area contributed by atoms with Crippen LogP contribution in [0.1, 0.15) is 26.2 Å². The molecular formula is C11H15N3O3. The Balaban J connectivity index is 2.41. The largest absolute Gasteiger partial charge is 0.480 e. The fraction of sp³-hybridized carbons (Fsp3) is 0.545. The van der Waals surface area contributed by atoms with E-state index in [0.29, 0.717) is 18.8 Å². The Morgan fingerprint density at radius 2 is 2.35 bits per heavy atom. The van der Waals surface area contributed by atoms with Gasteiger partial charge in [-0.3, -0.25) is 4.79 Å². The second-order valence-corrected chi connectivity index (χ2v) is 4.46. The fourth-order valence-corrected chi connectivity index (χ4v) is 2.22. The van der Waals surface area contributed by atoms with Crippen LogP contribution in [-0.2, 0) is 4.79 Å². The monoisotopic (exact) mass is 237 g/mol. The van der Waals surface area contributed by atoms with Gasteiger partial charge in [-0.05, 0) is 26.2 Å². The first kappa shape index (κ1) is 11.6. The quantitative estimate of drug-likeness (QED) is 0.786.